The van der Waals surface area contributed by atoms with Crippen molar-refractivity contribution in [2.75, 3.05) is 7.11 Å². The SMILES string of the molecule is COc1cccc(-c2cc3c(=O)n(CC(N)=O)ccn3n2)c1. The number of nitrogens with two attached hydrogens (primary N) is 1. The molecule has 7 nitrogen and oxygen atoms in total. The summed E-state index contributed by atoms with van der Waals surface area (Å²) in [6.45, 7) is -0.158. The fourth-order valence-electron chi connectivity index (χ4n) is 2.24. The number of fused-ring (bicyclic) bond motifs is 1. The first-order chi connectivity index (χ1) is 10.6. The van der Waals surface area contributed by atoms with Gasteiger partial charge in [-0.05, 0) is 18.2 Å². The van der Waals surface area contributed by atoms with Gasteiger partial charge in [-0.15, -0.1) is 0 Å². The Kier molecular flexibility index (Phi) is 3.38. The molecule has 1 aromatic carbocycles. The van der Waals surface area contributed by atoms with E-state index in [1.165, 1.54) is 15.3 Å². The van der Waals surface area contributed by atoms with E-state index in [1.54, 1.807) is 19.4 Å². The predicted octanol–water partition coefficient (Wildman–Crippen LogP) is 0.657. The number of carbonyl (C=O) groups is 1. The molecular weight excluding hydrogens is 284 g/mol. The maximum Gasteiger partial charge on any atom is 0.277 e. The number of rotatable bonds is 4. The van der Waals surface area contributed by atoms with Crippen LogP contribution in [0.5, 0.6) is 5.75 Å². The third kappa shape index (κ3) is 2.44. The molecule has 0 saturated carbocycles. The lowest BCUT2D eigenvalue weighted by Crippen LogP contribution is -2.28. The van der Waals surface area contributed by atoms with Gasteiger partial charge >= 0.3 is 0 Å². The van der Waals surface area contributed by atoms with Crippen molar-refractivity contribution >= 4 is 11.4 Å². The smallest absolute Gasteiger partial charge is 0.277 e. The number of aromatic nitrogens is 3. The van der Waals surface area contributed by atoms with Gasteiger partial charge in [0.1, 0.15) is 17.8 Å². The molecule has 22 heavy (non-hydrogen) atoms. The highest BCUT2D eigenvalue weighted by Crippen LogP contribution is 2.22. The molecule has 0 unspecified atom stereocenters. The fourth-order valence-corrected chi connectivity index (χ4v) is 2.24. The van der Waals surface area contributed by atoms with Gasteiger partial charge in [0.25, 0.3) is 5.56 Å². The van der Waals surface area contributed by atoms with Crippen LogP contribution in [0.25, 0.3) is 16.8 Å². The number of methoxy groups -OCH3 is 1. The van der Waals surface area contributed by atoms with Crippen LogP contribution in [0.3, 0.4) is 0 Å². The zero-order valence-electron chi connectivity index (χ0n) is 11.9. The lowest BCUT2D eigenvalue weighted by Gasteiger charge is -2.02. The largest absolute Gasteiger partial charge is 0.497 e. The van der Waals surface area contributed by atoms with Gasteiger partial charge in [-0.25, -0.2) is 4.52 Å². The minimum Gasteiger partial charge on any atom is -0.497 e. The molecule has 2 heterocycles. The van der Waals surface area contributed by atoms with E-state index < -0.39 is 5.91 Å². The van der Waals surface area contributed by atoms with Crippen molar-refractivity contribution in [3.05, 3.63) is 53.1 Å². The minimum absolute atomic E-state index is 0.158. The number of benzene rings is 1. The molecular formula is C15H14N4O3. The number of ether oxygens (including phenoxy) is 1. The van der Waals surface area contributed by atoms with Crippen molar-refractivity contribution < 1.29 is 9.53 Å². The predicted molar refractivity (Wildman–Crippen MR) is 80.6 cm³/mol. The molecule has 0 radical (unpaired) electrons. The van der Waals surface area contributed by atoms with Gasteiger partial charge in [0, 0.05) is 18.0 Å². The molecule has 112 valence electrons. The normalized spacial score (nSPS) is 10.8. The second-order valence-corrected chi connectivity index (χ2v) is 4.79. The van der Waals surface area contributed by atoms with Crippen LogP contribution in [0.4, 0.5) is 0 Å². The Morgan fingerprint density at radius 2 is 2.14 bits per heavy atom. The zero-order valence-corrected chi connectivity index (χ0v) is 11.9. The number of hydrogen-bond acceptors (Lipinski definition) is 4. The molecule has 0 atom stereocenters. The molecule has 2 aromatic heterocycles. The maximum absolute atomic E-state index is 12.3. The highest BCUT2D eigenvalue weighted by atomic mass is 16.5. The van der Waals surface area contributed by atoms with Gasteiger partial charge in [0.05, 0.1) is 12.8 Å². The standard InChI is InChI=1S/C15H14N4O3/c1-22-11-4-2-3-10(7-11)12-8-13-15(21)18(9-14(16)20)5-6-19(13)17-12/h2-8H,9H2,1H3,(H2,16,20). The summed E-state index contributed by atoms with van der Waals surface area (Å²) in [5, 5.41) is 4.37. The Labute approximate surface area is 125 Å². The van der Waals surface area contributed by atoms with E-state index in [4.69, 9.17) is 10.5 Å². The van der Waals surface area contributed by atoms with Crippen LogP contribution in [0, 0.1) is 0 Å². The van der Waals surface area contributed by atoms with Crippen molar-refractivity contribution in [2.45, 2.75) is 6.54 Å². The molecule has 0 bridgehead atoms. The number of amides is 1. The van der Waals surface area contributed by atoms with Crippen LogP contribution < -0.4 is 16.0 Å². The topological polar surface area (TPSA) is 91.6 Å². The first-order valence-electron chi connectivity index (χ1n) is 6.60. The molecule has 0 aliphatic carbocycles. The molecule has 3 rings (SSSR count). The van der Waals surface area contributed by atoms with Gasteiger partial charge in [0.15, 0.2) is 0 Å². The highest BCUT2D eigenvalue weighted by Gasteiger charge is 2.10. The van der Waals surface area contributed by atoms with Crippen LogP contribution in [-0.2, 0) is 11.3 Å². The molecule has 2 N–H and O–H groups in total. The van der Waals surface area contributed by atoms with Crippen molar-refractivity contribution in [3.63, 3.8) is 0 Å². The summed E-state index contributed by atoms with van der Waals surface area (Å²) in [5.41, 5.74) is 6.67. The number of primary amides is 1. The van der Waals surface area contributed by atoms with E-state index >= 15 is 0 Å². The second kappa shape index (κ2) is 5.36. The van der Waals surface area contributed by atoms with Gasteiger partial charge in [-0.1, -0.05) is 12.1 Å². The van der Waals surface area contributed by atoms with Gasteiger partial charge in [-0.2, -0.15) is 5.10 Å². The molecule has 0 aliphatic rings. The number of carbonyl (C=O) groups excluding carboxylic acids is 1. The first kappa shape index (κ1) is 13.9. The van der Waals surface area contributed by atoms with Crippen LogP contribution in [0.15, 0.2) is 47.5 Å². The summed E-state index contributed by atoms with van der Waals surface area (Å²) in [6, 6.07) is 9.08. The van der Waals surface area contributed by atoms with Crippen LogP contribution in [0.1, 0.15) is 0 Å². The summed E-state index contributed by atoms with van der Waals surface area (Å²) in [6.07, 6.45) is 3.10. The highest BCUT2D eigenvalue weighted by molar-refractivity contribution is 5.73. The van der Waals surface area contributed by atoms with E-state index in [-0.39, 0.29) is 12.1 Å². The summed E-state index contributed by atoms with van der Waals surface area (Å²) in [5.74, 6) is 0.139. The third-order valence-corrected chi connectivity index (χ3v) is 3.30. The summed E-state index contributed by atoms with van der Waals surface area (Å²) < 4.78 is 7.92. The van der Waals surface area contributed by atoms with Crippen molar-refractivity contribution in [3.8, 4) is 17.0 Å². The summed E-state index contributed by atoms with van der Waals surface area (Å²) in [7, 11) is 1.59. The Balaban J connectivity index is 2.11. The minimum atomic E-state index is -0.570. The van der Waals surface area contributed by atoms with Gasteiger partial charge in [0.2, 0.25) is 5.91 Å². The summed E-state index contributed by atoms with van der Waals surface area (Å²) >= 11 is 0. The molecule has 0 saturated heterocycles. The Bertz CT molecular complexity index is 911. The molecule has 3 aromatic rings. The lowest BCUT2D eigenvalue weighted by molar-refractivity contribution is -0.118. The monoisotopic (exact) mass is 298 g/mol. The van der Waals surface area contributed by atoms with Crippen molar-refractivity contribution in [2.24, 2.45) is 5.73 Å². The maximum atomic E-state index is 12.3. The zero-order chi connectivity index (χ0) is 15.7. The average Bonchev–Trinajstić information content (AvgIpc) is 2.95. The molecule has 7 heteroatoms. The average molecular weight is 298 g/mol. The second-order valence-electron chi connectivity index (χ2n) is 4.79. The van der Waals surface area contributed by atoms with E-state index in [2.05, 4.69) is 5.10 Å². The first-order valence-corrected chi connectivity index (χ1v) is 6.60. The summed E-state index contributed by atoms with van der Waals surface area (Å²) in [4.78, 5) is 23.3. The molecule has 1 amide bonds. The van der Waals surface area contributed by atoms with E-state index in [0.717, 1.165) is 5.56 Å². The molecule has 0 aliphatic heterocycles. The van der Waals surface area contributed by atoms with Crippen LogP contribution in [0.2, 0.25) is 0 Å². The Morgan fingerprint density at radius 1 is 1.32 bits per heavy atom. The van der Waals surface area contributed by atoms with E-state index in [1.807, 2.05) is 24.3 Å². The fraction of sp³-hybridized carbons (Fsp3) is 0.133. The lowest BCUT2D eigenvalue weighted by atomic mass is 10.1. The molecule has 0 fully saturated rings. The number of nitrogens with zero attached hydrogens (tertiary/aromatic N) is 3. The Hall–Kier alpha value is -3.09. The van der Waals surface area contributed by atoms with Crippen LogP contribution >= 0.6 is 0 Å². The van der Waals surface area contributed by atoms with E-state index in [9.17, 15) is 9.59 Å². The quantitative estimate of drug-likeness (QED) is 0.766. The van der Waals surface area contributed by atoms with Gasteiger partial charge < -0.3 is 15.0 Å². The van der Waals surface area contributed by atoms with E-state index in [0.29, 0.717) is 17.0 Å². The van der Waals surface area contributed by atoms with Gasteiger partial charge in [-0.3, -0.25) is 9.59 Å². The Morgan fingerprint density at radius 3 is 2.86 bits per heavy atom. The van der Waals surface area contributed by atoms with Crippen LogP contribution in [-0.4, -0.2) is 27.2 Å². The van der Waals surface area contributed by atoms with Crippen molar-refractivity contribution in [1.29, 1.82) is 0 Å². The molecule has 0 spiro atoms. The van der Waals surface area contributed by atoms with Crippen molar-refractivity contribution in [1.82, 2.24) is 14.2 Å². The number of hydrogen-bond donors (Lipinski definition) is 1. The third-order valence-electron chi connectivity index (χ3n) is 3.30.